The summed E-state index contributed by atoms with van der Waals surface area (Å²) in [5.41, 5.74) is 0. The summed E-state index contributed by atoms with van der Waals surface area (Å²) in [7, 11) is 2.19. The Morgan fingerprint density at radius 3 is 3.06 bits per heavy atom. The fourth-order valence-corrected chi connectivity index (χ4v) is 3.13. The van der Waals surface area contributed by atoms with Crippen LogP contribution in [0.3, 0.4) is 0 Å². The quantitative estimate of drug-likeness (QED) is 0.829. The zero-order chi connectivity index (χ0) is 12.5. The fraction of sp³-hybridized carbons (Fsp3) is 0.846. The van der Waals surface area contributed by atoms with Crippen molar-refractivity contribution in [2.75, 3.05) is 20.1 Å². The van der Waals surface area contributed by atoms with Gasteiger partial charge in [-0.15, -0.1) is 0 Å². The minimum Gasteiger partial charge on any atom is -0.391 e. The van der Waals surface area contributed by atoms with Gasteiger partial charge in [0.05, 0.1) is 12.6 Å². The van der Waals surface area contributed by atoms with Crippen LogP contribution in [0.4, 0.5) is 0 Å². The number of hydrogen-bond donors (Lipinski definition) is 1. The third-order valence-corrected chi connectivity index (χ3v) is 4.07. The van der Waals surface area contributed by atoms with Crippen molar-refractivity contribution < 1.29 is 5.11 Å². The van der Waals surface area contributed by atoms with Crippen molar-refractivity contribution in [2.24, 2.45) is 5.92 Å². The topological polar surface area (TPSA) is 54.2 Å². The number of aromatic nitrogens is 3. The van der Waals surface area contributed by atoms with Crippen LogP contribution in [0.15, 0.2) is 0 Å². The van der Waals surface area contributed by atoms with E-state index in [0.29, 0.717) is 12.5 Å². The number of fused-ring (bicyclic) bond motifs is 1. The Kier molecular flexibility index (Phi) is 3.35. The molecular weight excluding hydrogens is 228 g/mol. The highest BCUT2D eigenvalue weighted by Crippen LogP contribution is 2.20. The minimum atomic E-state index is -0.243. The summed E-state index contributed by atoms with van der Waals surface area (Å²) in [6.07, 6.45) is 5.00. The van der Waals surface area contributed by atoms with E-state index < -0.39 is 0 Å². The van der Waals surface area contributed by atoms with E-state index in [2.05, 4.69) is 22.0 Å². The molecule has 1 N–H and O–H groups in total. The summed E-state index contributed by atoms with van der Waals surface area (Å²) in [6, 6.07) is 0. The standard InChI is InChI=1S/C13H22N4O/c1-16-6-2-3-10(8-16)7-12-14-13-5-4-11(18)9-17(13)15-12/h10-11,18H,2-9H2,1H3. The number of aliphatic hydroxyl groups excluding tert-OH is 1. The molecule has 0 bridgehead atoms. The zero-order valence-electron chi connectivity index (χ0n) is 11.0. The Bertz CT molecular complexity index is 417. The third kappa shape index (κ3) is 2.57. The first-order valence-electron chi connectivity index (χ1n) is 7.00. The maximum absolute atomic E-state index is 9.63. The van der Waals surface area contributed by atoms with Gasteiger partial charge >= 0.3 is 0 Å². The van der Waals surface area contributed by atoms with Crippen LogP contribution in [-0.4, -0.2) is 51.0 Å². The lowest BCUT2D eigenvalue weighted by Crippen LogP contribution is -2.33. The van der Waals surface area contributed by atoms with Crippen molar-refractivity contribution in [3.63, 3.8) is 0 Å². The molecule has 2 aliphatic rings. The molecule has 2 atom stereocenters. The van der Waals surface area contributed by atoms with Crippen molar-refractivity contribution in [3.8, 4) is 0 Å². The van der Waals surface area contributed by atoms with Crippen LogP contribution in [-0.2, 0) is 19.4 Å². The lowest BCUT2D eigenvalue weighted by molar-refractivity contribution is 0.124. The second-order valence-electron chi connectivity index (χ2n) is 5.79. The van der Waals surface area contributed by atoms with Crippen molar-refractivity contribution in [1.29, 1.82) is 0 Å². The first kappa shape index (κ1) is 12.1. The third-order valence-electron chi connectivity index (χ3n) is 4.07. The summed E-state index contributed by atoms with van der Waals surface area (Å²) >= 11 is 0. The van der Waals surface area contributed by atoms with Crippen LogP contribution < -0.4 is 0 Å². The highest BCUT2D eigenvalue weighted by Gasteiger charge is 2.23. The first-order chi connectivity index (χ1) is 8.70. The average Bonchev–Trinajstić information content (AvgIpc) is 2.70. The predicted molar refractivity (Wildman–Crippen MR) is 68.3 cm³/mol. The van der Waals surface area contributed by atoms with Gasteiger partial charge < -0.3 is 10.0 Å². The van der Waals surface area contributed by atoms with E-state index in [-0.39, 0.29) is 6.10 Å². The Morgan fingerprint density at radius 2 is 2.22 bits per heavy atom. The molecule has 0 aromatic carbocycles. The van der Waals surface area contributed by atoms with Crippen molar-refractivity contribution in [3.05, 3.63) is 11.6 Å². The highest BCUT2D eigenvalue weighted by molar-refractivity contribution is 4.98. The molecule has 0 spiro atoms. The van der Waals surface area contributed by atoms with Crippen LogP contribution in [0.25, 0.3) is 0 Å². The van der Waals surface area contributed by atoms with Crippen LogP contribution in [0.1, 0.15) is 30.9 Å². The number of aliphatic hydroxyl groups is 1. The van der Waals surface area contributed by atoms with E-state index in [4.69, 9.17) is 0 Å². The number of hydrogen-bond acceptors (Lipinski definition) is 4. The number of rotatable bonds is 2. The molecule has 5 heteroatoms. The van der Waals surface area contributed by atoms with Gasteiger partial charge in [-0.05, 0) is 38.8 Å². The van der Waals surface area contributed by atoms with Gasteiger partial charge in [0, 0.05) is 19.4 Å². The molecule has 3 heterocycles. The zero-order valence-corrected chi connectivity index (χ0v) is 11.0. The molecule has 1 saturated heterocycles. The van der Waals surface area contributed by atoms with Crippen molar-refractivity contribution in [1.82, 2.24) is 19.7 Å². The molecule has 0 radical (unpaired) electrons. The molecule has 3 rings (SSSR count). The van der Waals surface area contributed by atoms with Gasteiger partial charge in [0.15, 0.2) is 5.82 Å². The van der Waals surface area contributed by atoms with Gasteiger partial charge in [-0.3, -0.25) is 0 Å². The second kappa shape index (κ2) is 4.97. The van der Waals surface area contributed by atoms with E-state index in [9.17, 15) is 5.11 Å². The van der Waals surface area contributed by atoms with Gasteiger partial charge in [0.1, 0.15) is 5.82 Å². The molecule has 100 valence electrons. The maximum atomic E-state index is 9.63. The molecule has 0 aliphatic carbocycles. The Hall–Kier alpha value is -0.940. The Morgan fingerprint density at radius 1 is 1.33 bits per heavy atom. The number of nitrogens with zero attached hydrogens (tertiary/aromatic N) is 4. The first-order valence-corrected chi connectivity index (χ1v) is 7.00. The lowest BCUT2D eigenvalue weighted by Gasteiger charge is -2.28. The monoisotopic (exact) mass is 250 g/mol. The fourth-order valence-electron chi connectivity index (χ4n) is 3.13. The molecule has 0 amide bonds. The molecule has 0 saturated carbocycles. The van der Waals surface area contributed by atoms with E-state index in [0.717, 1.165) is 37.5 Å². The Labute approximate surface area is 108 Å². The Balaban J connectivity index is 1.66. The van der Waals surface area contributed by atoms with Crippen LogP contribution in [0.2, 0.25) is 0 Å². The van der Waals surface area contributed by atoms with Crippen molar-refractivity contribution >= 4 is 0 Å². The van der Waals surface area contributed by atoms with Crippen LogP contribution >= 0.6 is 0 Å². The van der Waals surface area contributed by atoms with Gasteiger partial charge in [-0.25, -0.2) is 9.67 Å². The second-order valence-corrected chi connectivity index (χ2v) is 5.79. The molecule has 18 heavy (non-hydrogen) atoms. The maximum Gasteiger partial charge on any atom is 0.151 e. The molecule has 2 aliphatic heterocycles. The normalized spacial score (nSPS) is 29.2. The lowest BCUT2D eigenvalue weighted by atomic mass is 9.95. The summed E-state index contributed by atoms with van der Waals surface area (Å²) in [5.74, 6) is 2.72. The van der Waals surface area contributed by atoms with Gasteiger partial charge in [-0.2, -0.15) is 5.10 Å². The number of likely N-dealkylation sites (tertiary alicyclic amines) is 1. The summed E-state index contributed by atoms with van der Waals surface area (Å²) in [6.45, 7) is 3.00. The van der Waals surface area contributed by atoms with E-state index in [1.807, 2.05) is 4.68 Å². The van der Waals surface area contributed by atoms with E-state index >= 15 is 0 Å². The summed E-state index contributed by atoms with van der Waals surface area (Å²) in [4.78, 5) is 7.02. The molecule has 5 nitrogen and oxygen atoms in total. The number of aryl methyl sites for hydroxylation is 1. The summed E-state index contributed by atoms with van der Waals surface area (Å²) < 4.78 is 1.90. The van der Waals surface area contributed by atoms with E-state index in [1.165, 1.54) is 19.4 Å². The summed E-state index contributed by atoms with van der Waals surface area (Å²) in [5, 5.41) is 14.2. The van der Waals surface area contributed by atoms with Gasteiger partial charge in [0.25, 0.3) is 0 Å². The minimum absolute atomic E-state index is 0.243. The van der Waals surface area contributed by atoms with Crippen molar-refractivity contribution in [2.45, 2.75) is 44.8 Å². The SMILES string of the molecule is CN1CCCC(Cc2nc3n(n2)CC(O)CC3)C1. The van der Waals surface area contributed by atoms with Crippen LogP contribution in [0.5, 0.6) is 0 Å². The molecule has 1 aromatic heterocycles. The average molecular weight is 250 g/mol. The molecule has 1 fully saturated rings. The van der Waals surface area contributed by atoms with Gasteiger partial charge in [0.2, 0.25) is 0 Å². The largest absolute Gasteiger partial charge is 0.391 e. The smallest absolute Gasteiger partial charge is 0.151 e. The van der Waals surface area contributed by atoms with Gasteiger partial charge in [-0.1, -0.05) is 0 Å². The number of piperidine rings is 1. The van der Waals surface area contributed by atoms with Crippen LogP contribution in [0, 0.1) is 5.92 Å². The molecule has 1 aromatic rings. The molecule has 2 unspecified atom stereocenters. The highest BCUT2D eigenvalue weighted by atomic mass is 16.3. The van der Waals surface area contributed by atoms with E-state index in [1.54, 1.807) is 0 Å². The molecular formula is C13H22N4O. The predicted octanol–water partition coefficient (Wildman–Crippen LogP) is 0.469.